The van der Waals surface area contributed by atoms with Crippen molar-refractivity contribution in [3.05, 3.63) is 121 Å². The van der Waals surface area contributed by atoms with E-state index in [1.54, 1.807) is 6.20 Å². The van der Waals surface area contributed by atoms with Gasteiger partial charge in [-0.05, 0) is 41.5 Å². The number of para-hydroxylation sites is 1. The number of pyridine rings is 1. The topological polar surface area (TPSA) is 64.7 Å². The summed E-state index contributed by atoms with van der Waals surface area (Å²) in [4.78, 5) is 19.2. The Hall–Kier alpha value is -5.16. The van der Waals surface area contributed by atoms with Crippen LogP contribution in [0.5, 0.6) is 0 Å². The Labute approximate surface area is 213 Å². The molecule has 0 aliphatic rings. The minimum absolute atomic E-state index is 0.524. The van der Waals surface area contributed by atoms with Crippen molar-refractivity contribution in [1.29, 1.82) is 0 Å². The van der Waals surface area contributed by atoms with Gasteiger partial charge in [-0.1, -0.05) is 84.9 Å². The molecule has 7 rings (SSSR count). The Morgan fingerprint density at radius 3 is 1.95 bits per heavy atom. The second-order valence-electron chi connectivity index (χ2n) is 8.75. The molecule has 3 aromatic heterocycles. The van der Waals surface area contributed by atoms with Crippen LogP contribution >= 0.6 is 0 Å². The van der Waals surface area contributed by atoms with Crippen molar-refractivity contribution in [2.75, 3.05) is 0 Å². The van der Waals surface area contributed by atoms with E-state index >= 15 is 0 Å². The predicted octanol–water partition coefficient (Wildman–Crippen LogP) is 7.83. The van der Waals surface area contributed by atoms with E-state index in [9.17, 15) is 0 Å². The van der Waals surface area contributed by atoms with Crippen LogP contribution in [-0.2, 0) is 0 Å². The number of hydrogen-bond acceptors (Lipinski definition) is 5. The molecule has 0 radical (unpaired) electrons. The maximum absolute atomic E-state index is 6.32. The Morgan fingerprint density at radius 1 is 0.486 bits per heavy atom. The van der Waals surface area contributed by atoms with Crippen molar-refractivity contribution in [2.45, 2.75) is 0 Å². The Bertz CT molecular complexity index is 1810. The summed E-state index contributed by atoms with van der Waals surface area (Å²) in [5, 5.41) is 2.00. The lowest BCUT2D eigenvalue weighted by Gasteiger charge is -2.10. The highest BCUT2D eigenvalue weighted by atomic mass is 16.3. The first kappa shape index (κ1) is 21.1. The number of benzene rings is 4. The molecule has 0 atom stereocenters. The van der Waals surface area contributed by atoms with Crippen molar-refractivity contribution in [3.8, 4) is 45.4 Å². The molecule has 5 heteroatoms. The van der Waals surface area contributed by atoms with E-state index in [1.165, 1.54) is 0 Å². The van der Waals surface area contributed by atoms with Gasteiger partial charge in [0.25, 0.3) is 0 Å². The molecule has 0 N–H and O–H groups in total. The van der Waals surface area contributed by atoms with Gasteiger partial charge in [0.1, 0.15) is 16.9 Å². The van der Waals surface area contributed by atoms with E-state index in [0.29, 0.717) is 23.2 Å². The summed E-state index contributed by atoms with van der Waals surface area (Å²) < 4.78 is 6.32. The van der Waals surface area contributed by atoms with Gasteiger partial charge >= 0.3 is 0 Å². The lowest BCUT2D eigenvalue weighted by molar-refractivity contribution is 0.669. The number of aromatic nitrogens is 4. The summed E-state index contributed by atoms with van der Waals surface area (Å²) >= 11 is 0. The number of hydrogen-bond donors (Lipinski definition) is 0. The molecule has 0 aliphatic heterocycles. The van der Waals surface area contributed by atoms with Crippen LogP contribution in [0.1, 0.15) is 0 Å². The van der Waals surface area contributed by atoms with E-state index < -0.39 is 0 Å². The third-order valence-electron chi connectivity index (χ3n) is 6.39. The second kappa shape index (κ2) is 8.81. The highest BCUT2D eigenvalue weighted by molar-refractivity contribution is 6.13. The van der Waals surface area contributed by atoms with Crippen LogP contribution in [0.25, 0.3) is 67.4 Å². The molecular formula is C32H20N4O. The predicted molar refractivity (Wildman–Crippen MR) is 147 cm³/mol. The van der Waals surface area contributed by atoms with Gasteiger partial charge < -0.3 is 4.42 Å². The number of nitrogens with zero attached hydrogens (tertiary/aromatic N) is 4. The van der Waals surface area contributed by atoms with Crippen molar-refractivity contribution in [1.82, 2.24) is 19.9 Å². The summed E-state index contributed by atoms with van der Waals surface area (Å²) in [7, 11) is 0. The highest BCUT2D eigenvalue weighted by Gasteiger charge is 2.19. The largest absolute Gasteiger partial charge is 0.456 e. The van der Waals surface area contributed by atoms with Gasteiger partial charge in [0.05, 0.1) is 0 Å². The minimum atomic E-state index is 0.524. The molecule has 0 bridgehead atoms. The molecule has 174 valence electrons. The van der Waals surface area contributed by atoms with E-state index in [2.05, 4.69) is 35.3 Å². The Kier molecular flexibility index (Phi) is 5.03. The first-order valence-electron chi connectivity index (χ1n) is 12.1. The molecule has 3 heterocycles. The third kappa shape index (κ3) is 3.83. The van der Waals surface area contributed by atoms with Crippen molar-refractivity contribution >= 4 is 21.9 Å². The molecular weight excluding hydrogens is 456 g/mol. The highest BCUT2D eigenvalue weighted by Crippen LogP contribution is 2.39. The maximum Gasteiger partial charge on any atom is 0.182 e. The Morgan fingerprint density at radius 2 is 1.16 bits per heavy atom. The fourth-order valence-corrected chi connectivity index (χ4v) is 4.65. The van der Waals surface area contributed by atoms with E-state index in [-0.39, 0.29) is 0 Å². The zero-order chi connectivity index (χ0) is 24.6. The van der Waals surface area contributed by atoms with Crippen molar-refractivity contribution in [2.24, 2.45) is 0 Å². The third-order valence-corrected chi connectivity index (χ3v) is 6.39. The first-order valence-corrected chi connectivity index (χ1v) is 12.1. The van der Waals surface area contributed by atoms with Crippen molar-refractivity contribution in [3.63, 3.8) is 0 Å². The van der Waals surface area contributed by atoms with Crippen LogP contribution in [0.3, 0.4) is 0 Å². The zero-order valence-corrected chi connectivity index (χ0v) is 19.7. The molecule has 5 nitrogen and oxygen atoms in total. The van der Waals surface area contributed by atoms with Crippen LogP contribution in [0.2, 0.25) is 0 Å². The molecule has 37 heavy (non-hydrogen) atoms. The molecule has 0 amide bonds. The maximum atomic E-state index is 6.32. The van der Waals surface area contributed by atoms with Crippen molar-refractivity contribution < 1.29 is 4.42 Å². The standard InChI is InChI=1S/C32H20N4O/c1-3-11-21(12-4-1)23-19-25(29-24-15-7-8-17-27(24)37-28(29)20-23)31-34-30(22-13-5-2-6-14-22)35-32(36-31)26-16-9-10-18-33-26/h1-20H. The monoisotopic (exact) mass is 476 g/mol. The van der Waals surface area contributed by atoms with Crippen LogP contribution < -0.4 is 0 Å². The summed E-state index contributed by atoms with van der Waals surface area (Å²) in [5.41, 5.74) is 6.23. The molecule has 4 aromatic carbocycles. The van der Waals surface area contributed by atoms with Gasteiger partial charge in [0.15, 0.2) is 17.5 Å². The summed E-state index contributed by atoms with van der Waals surface area (Å²) in [6, 6.07) is 38.3. The van der Waals surface area contributed by atoms with Gasteiger partial charge in [-0.25, -0.2) is 15.0 Å². The van der Waals surface area contributed by atoms with Gasteiger partial charge in [-0.2, -0.15) is 0 Å². The molecule has 0 saturated heterocycles. The number of furan rings is 1. The molecule has 7 aromatic rings. The SMILES string of the molecule is c1ccc(-c2cc(-c3nc(-c4ccccc4)nc(-c4ccccn4)n3)c3c(c2)oc2ccccc23)cc1. The molecule has 0 aliphatic carbocycles. The second-order valence-corrected chi connectivity index (χ2v) is 8.75. The number of fused-ring (bicyclic) bond motifs is 3. The van der Waals surface area contributed by atoms with Crippen LogP contribution in [0, 0.1) is 0 Å². The fourth-order valence-electron chi connectivity index (χ4n) is 4.65. The molecule has 0 spiro atoms. The summed E-state index contributed by atoms with van der Waals surface area (Å²) in [5.74, 6) is 1.69. The zero-order valence-electron chi connectivity index (χ0n) is 19.7. The first-order chi connectivity index (χ1) is 18.3. The molecule has 0 saturated carbocycles. The van der Waals surface area contributed by atoms with Crippen LogP contribution in [0.4, 0.5) is 0 Å². The van der Waals surface area contributed by atoms with Crippen LogP contribution in [0.15, 0.2) is 126 Å². The van der Waals surface area contributed by atoms with Gasteiger partial charge in [0.2, 0.25) is 0 Å². The van der Waals surface area contributed by atoms with E-state index in [1.807, 2.05) is 84.9 Å². The fraction of sp³-hybridized carbons (Fsp3) is 0. The quantitative estimate of drug-likeness (QED) is 0.259. The smallest absolute Gasteiger partial charge is 0.182 e. The molecule has 0 fully saturated rings. The summed E-state index contributed by atoms with van der Waals surface area (Å²) in [6.45, 7) is 0. The van der Waals surface area contributed by atoms with Gasteiger partial charge in [-0.3, -0.25) is 4.98 Å². The average Bonchev–Trinajstić information content (AvgIpc) is 3.36. The lowest BCUT2D eigenvalue weighted by Crippen LogP contribution is -2.01. The minimum Gasteiger partial charge on any atom is -0.456 e. The van der Waals surface area contributed by atoms with Crippen LogP contribution in [-0.4, -0.2) is 19.9 Å². The van der Waals surface area contributed by atoms with E-state index in [0.717, 1.165) is 44.2 Å². The Balaban J connectivity index is 1.56. The van der Waals surface area contributed by atoms with Gasteiger partial charge in [-0.15, -0.1) is 0 Å². The van der Waals surface area contributed by atoms with E-state index in [4.69, 9.17) is 19.4 Å². The average molecular weight is 477 g/mol. The normalized spacial score (nSPS) is 11.2. The summed E-state index contributed by atoms with van der Waals surface area (Å²) in [6.07, 6.45) is 1.75. The number of rotatable bonds is 4. The lowest BCUT2D eigenvalue weighted by atomic mass is 9.98. The molecule has 0 unspecified atom stereocenters. The van der Waals surface area contributed by atoms with Gasteiger partial charge in [0, 0.05) is 28.1 Å².